The topological polar surface area (TPSA) is 118 Å². The Bertz CT molecular complexity index is 1560. The predicted molar refractivity (Wildman–Crippen MR) is 135 cm³/mol. The van der Waals surface area contributed by atoms with Crippen molar-refractivity contribution in [2.75, 3.05) is 25.5 Å². The molecule has 35 heavy (non-hydrogen) atoms. The van der Waals surface area contributed by atoms with E-state index in [0.29, 0.717) is 23.1 Å². The van der Waals surface area contributed by atoms with Gasteiger partial charge in [-0.15, -0.1) is 0 Å². The summed E-state index contributed by atoms with van der Waals surface area (Å²) in [5.41, 5.74) is 11.9. The van der Waals surface area contributed by atoms with Gasteiger partial charge in [-0.2, -0.15) is 5.10 Å². The van der Waals surface area contributed by atoms with Crippen LogP contribution in [0.1, 0.15) is 34.4 Å². The van der Waals surface area contributed by atoms with E-state index in [1.165, 1.54) is 11.8 Å². The van der Waals surface area contributed by atoms with Gasteiger partial charge in [0, 0.05) is 30.0 Å². The summed E-state index contributed by atoms with van der Waals surface area (Å²) in [7, 11) is 0. The van der Waals surface area contributed by atoms with Crippen LogP contribution in [0.4, 0.5) is 5.82 Å². The Morgan fingerprint density at radius 1 is 1.17 bits per heavy atom. The first-order valence-corrected chi connectivity index (χ1v) is 11.7. The zero-order valence-corrected chi connectivity index (χ0v) is 19.7. The fourth-order valence-electron chi connectivity index (χ4n) is 4.77. The number of aromatic amines is 2. The van der Waals surface area contributed by atoms with Crippen molar-refractivity contribution in [1.29, 1.82) is 0 Å². The number of nitrogen functional groups attached to an aromatic ring is 1. The SMILES string of the molecule is Cc1nc2ccc(-n3ncc(C(=O)c4cc5cc(CN6CCOC[C@@H]6C)ccc5[nH]4)c3N)cc2[nH]1. The lowest BCUT2D eigenvalue weighted by molar-refractivity contribution is -0.00435. The number of aryl methyl sites for hydroxylation is 1. The molecule has 0 amide bonds. The standard InChI is InChI=1S/C26H27N7O2/c1-15-14-35-8-7-32(15)13-17-3-5-21-18(9-17)10-24(31-21)25(34)20-12-28-33(26(20)27)19-4-6-22-23(11-19)30-16(2)29-22/h3-6,9-12,15,31H,7-8,13-14,27H2,1-2H3,(H,29,30)/t15-/m0/s1. The third kappa shape index (κ3) is 3.88. The Morgan fingerprint density at radius 2 is 2.06 bits per heavy atom. The van der Waals surface area contributed by atoms with E-state index in [-0.39, 0.29) is 5.78 Å². The Hall–Kier alpha value is -3.95. The summed E-state index contributed by atoms with van der Waals surface area (Å²) in [6.45, 7) is 7.39. The minimum atomic E-state index is -0.188. The normalized spacial score (nSPS) is 16.9. The number of carbonyl (C=O) groups is 1. The molecule has 178 valence electrons. The smallest absolute Gasteiger partial charge is 0.214 e. The Balaban J connectivity index is 1.27. The number of aromatic nitrogens is 5. The van der Waals surface area contributed by atoms with Crippen molar-refractivity contribution in [2.45, 2.75) is 26.4 Å². The number of fused-ring (bicyclic) bond motifs is 2. The number of hydrogen-bond donors (Lipinski definition) is 3. The van der Waals surface area contributed by atoms with Crippen molar-refractivity contribution < 1.29 is 9.53 Å². The molecule has 9 nitrogen and oxygen atoms in total. The molecule has 0 radical (unpaired) electrons. The van der Waals surface area contributed by atoms with Crippen LogP contribution in [0.15, 0.2) is 48.7 Å². The number of benzene rings is 2. The Labute approximate surface area is 201 Å². The van der Waals surface area contributed by atoms with Crippen LogP contribution in [0.3, 0.4) is 0 Å². The maximum Gasteiger partial charge on any atom is 0.214 e. The molecule has 0 unspecified atom stereocenters. The number of imidazole rings is 1. The highest BCUT2D eigenvalue weighted by Gasteiger charge is 2.21. The third-order valence-corrected chi connectivity index (χ3v) is 6.70. The number of ether oxygens (including phenoxy) is 1. The van der Waals surface area contributed by atoms with Crippen molar-refractivity contribution in [3.8, 4) is 5.69 Å². The largest absolute Gasteiger partial charge is 0.383 e. The Kier molecular flexibility index (Phi) is 5.16. The molecule has 1 aliphatic heterocycles. The van der Waals surface area contributed by atoms with Crippen LogP contribution < -0.4 is 5.73 Å². The van der Waals surface area contributed by atoms with Crippen LogP contribution in [0, 0.1) is 6.92 Å². The first-order valence-electron chi connectivity index (χ1n) is 11.7. The van der Waals surface area contributed by atoms with Crippen LogP contribution in [-0.4, -0.2) is 61.2 Å². The van der Waals surface area contributed by atoms with Gasteiger partial charge in [-0.1, -0.05) is 6.07 Å². The van der Waals surface area contributed by atoms with E-state index in [0.717, 1.165) is 59.8 Å². The lowest BCUT2D eigenvalue weighted by Crippen LogP contribution is -2.42. The van der Waals surface area contributed by atoms with Crippen molar-refractivity contribution in [3.63, 3.8) is 0 Å². The number of hydrogen-bond acceptors (Lipinski definition) is 6. The molecule has 5 aromatic rings. The lowest BCUT2D eigenvalue weighted by atomic mass is 10.1. The molecule has 1 aliphatic rings. The van der Waals surface area contributed by atoms with E-state index in [1.54, 1.807) is 4.68 Å². The van der Waals surface area contributed by atoms with Gasteiger partial charge in [0.1, 0.15) is 11.6 Å². The fraction of sp³-hybridized carbons (Fsp3) is 0.269. The zero-order valence-electron chi connectivity index (χ0n) is 19.7. The molecule has 2 aromatic carbocycles. The number of nitrogens with zero attached hydrogens (tertiary/aromatic N) is 4. The molecule has 9 heteroatoms. The van der Waals surface area contributed by atoms with Gasteiger partial charge in [-0.25, -0.2) is 9.67 Å². The number of ketones is 1. The molecular formula is C26H27N7O2. The maximum absolute atomic E-state index is 13.3. The fourth-order valence-corrected chi connectivity index (χ4v) is 4.77. The van der Waals surface area contributed by atoms with Crippen molar-refractivity contribution >= 4 is 33.5 Å². The van der Waals surface area contributed by atoms with Gasteiger partial charge in [0.05, 0.1) is 47.4 Å². The van der Waals surface area contributed by atoms with Crippen LogP contribution >= 0.6 is 0 Å². The first kappa shape index (κ1) is 21.6. The summed E-state index contributed by atoms with van der Waals surface area (Å²) in [6, 6.07) is 14.3. The van der Waals surface area contributed by atoms with Gasteiger partial charge in [-0.3, -0.25) is 9.69 Å². The Morgan fingerprint density at radius 3 is 2.91 bits per heavy atom. The van der Waals surface area contributed by atoms with E-state index in [1.807, 2.05) is 37.3 Å². The highest BCUT2D eigenvalue weighted by atomic mass is 16.5. The second-order valence-corrected chi connectivity index (χ2v) is 9.21. The quantitative estimate of drug-likeness (QED) is 0.339. The molecule has 0 saturated carbocycles. The number of morpholine rings is 1. The van der Waals surface area contributed by atoms with E-state index < -0.39 is 0 Å². The molecule has 1 atom stereocenters. The summed E-state index contributed by atoms with van der Waals surface area (Å²) >= 11 is 0. The zero-order chi connectivity index (χ0) is 24.1. The molecule has 4 heterocycles. The van der Waals surface area contributed by atoms with Gasteiger partial charge < -0.3 is 20.4 Å². The average Bonchev–Trinajstić information content (AvgIpc) is 3.55. The highest BCUT2D eigenvalue weighted by Crippen LogP contribution is 2.25. The van der Waals surface area contributed by atoms with Gasteiger partial charge in [0.2, 0.25) is 5.78 Å². The number of nitrogens with one attached hydrogen (secondary N) is 2. The molecule has 3 aromatic heterocycles. The molecule has 6 rings (SSSR count). The third-order valence-electron chi connectivity index (χ3n) is 6.70. The predicted octanol–water partition coefficient (Wildman–Crippen LogP) is 3.57. The van der Waals surface area contributed by atoms with E-state index in [4.69, 9.17) is 10.5 Å². The molecule has 4 N–H and O–H groups in total. The summed E-state index contributed by atoms with van der Waals surface area (Å²) in [5.74, 6) is 0.945. The first-order chi connectivity index (χ1) is 17.0. The lowest BCUT2D eigenvalue weighted by Gasteiger charge is -2.33. The summed E-state index contributed by atoms with van der Waals surface area (Å²) in [5, 5.41) is 5.39. The number of H-pyrrole nitrogens is 2. The monoisotopic (exact) mass is 469 g/mol. The molecule has 1 fully saturated rings. The van der Waals surface area contributed by atoms with Crippen molar-refractivity contribution in [2.24, 2.45) is 0 Å². The van der Waals surface area contributed by atoms with E-state index in [9.17, 15) is 4.79 Å². The second-order valence-electron chi connectivity index (χ2n) is 9.21. The summed E-state index contributed by atoms with van der Waals surface area (Å²) in [4.78, 5) is 26.6. The molecule has 0 bridgehead atoms. The molecule has 1 saturated heterocycles. The van der Waals surface area contributed by atoms with Crippen LogP contribution in [0.5, 0.6) is 0 Å². The number of carbonyl (C=O) groups excluding carboxylic acids is 1. The summed E-state index contributed by atoms with van der Waals surface area (Å²) in [6.07, 6.45) is 1.52. The van der Waals surface area contributed by atoms with Gasteiger partial charge in [0.25, 0.3) is 0 Å². The number of nitrogens with two attached hydrogens (primary N) is 1. The maximum atomic E-state index is 13.3. The van der Waals surface area contributed by atoms with E-state index >= 15 is 0 Å². The van der Waals surface area contributed by atoms with Crippen LogP contribution in [-0.2, 0) is 11.3 Å². The number of anilines is 1. The van der Waals surface area contributed by atoms with Gasteiger partial charge >= 0.3 is 0 Å². The minimum Gasteiger partial charge on any atom is -0.383 e. The van der Waals surface area contributed by atoms with Crippen molar-refractivity contribution in [3.05, 3.63) is 71.3 Å². The van der Waals surface area contributed by atoms with E-state index in [2.05, 4.69) is 44.0 Å². The molecule has 0 spiro atoms. The van der Waals surface area contributed by atoms with Gasteiger partial charge in [-0.05, 0) is 55.8 Å². The summed E-state index contributed by atoms with van der Waals surface area (Å²) < 4.78 is 7.12. The minimum absolute atomic E-state index is 0.188. The second kappa shape index (κ2) is 8.37. The molecule has 0 aliphatic carbocycles. The van der Waals surface area contributed by atoms with Crippen LogP contribution in [0.25, 0.3) is 27.6 Å². The van der Waals surface area contributed by atoms with Crippen LogP contribution in [0.2, 0.25) is 0 Å². The average molecular weight is 470 g/mol. The highest BCUT2D eigenvalue weighted by molar-refractivity contribution is 6.12. The molecular weight excluding hydrogens is 442 g/mol. The number of rotatable bonds is 5. The van der Waals surface area contributed by atoms with Crippen molar-refractivity contribution in [1.82, 2.24) is 29.6 Å². The van der Waals surface area contributed by atoms with Gasteiger partial charge in [0.15, 0.2) is 0 Å².